The van der Waals surface area contributed by atoms with Crippen molar-refractivity contribution in [3.05, 3.63) is 24.7 Å². The van der Waals surface area contributed by atoms with E-state index in [4.69, 9.17) is 4.74 Å². The second-order valence-corrected chi connectivity index (χ2v) is 4.07. The van der Waals surface area contributed by atoms with Gasteiger partial charge in [0, 0.05) is 39.6 Å². The van der Waals surface area contributed by atoms with Gasteiger partial charge >= 0.3 is 5.97 Å². The van der Waals surface area contributed by atoms with E-state index < -0.39 is 0 Å². The first-order chi connectivity index (χ1) is 8.51. The Morgan fingerprint density at radius 3 is 2.61 bits per heavy atom. The van der Waals surface area contributed by atoms with E-state index in [1.165, 1.54) is 0 Å². The molecule has 0 amide bonds. The highest BCUT2D eigenvalue weighted by atomic mass is 16.5. The van der Waals surface area contributed by atoms with Gasteiger partial charge in [0.15, 0.2) is 0 Å². The molecule has 0 aliphatic heterocycles. The third kappa shape index (κ3) is 7.60. The Hall–Kier alpha value is -1.65. The van der Waals surface area contributed by atoms with Crippen LogP contribution >= 0.6 is 0 Å². The van der Waals surface area contributed by atoms with Crippen LogP contribution in [0.15, 0.2) is 24.7 Å². The zero-order valence-electron chi connectivity index (χ0n) is 12.0. The van der Waals surface area contributed by atoms with Crippen molar-refractivity contribution < 1.29 is 9.53 Å². The van der Waals surface area contributed by atoms with Gasteiger partial charge in [0.25, 0.3) is 0 Å². The maximum atomic E-state index is 11.2. The summed E-state index contributed by atoms with van der Waals surface area (Å²) in [6.45, 7) is 4.57. The zero-order chi connectivity index (χ0) is 14.0. The van der Waals surface area contributed by atoms with Gasteiger partial charge in [-0.25, -0.2) is 0 Å². The third-order valence-corrected chi connectivity index (χ3v) is 2.42. The summed E-state index contributed by atoms with van der Waals surface area (Å²) < 4.78 is 4.88. The van der Waals surface area contributed by atoms with Crippen LogP contribution < -0.4 is 5.32 Å². The normalized spacial score (nSPS) is 12.7. The van der Waals surface area contributed by atoms with Gasteiger partial charge in [-0.2, -0.15) is 0 Å². The summed E-state index contributed by atoms with van der Waals surface area (Å²) in [6.07, 6.45) is 7.75. The molecule has 104 valence electrons. The fourth-order valence-electron chi connectivity index (χ4n) is 1.20. The van der Waals surface area contributed by atoms with E-state index in [-0.39, 0.29) is 18.6 Å². The molecule has 5 nitrogen and oxygen atoms in total. The first-order valence-corrected chi connectivity index (χ1v) is 6.11. The number of hydrogen-bond donors (Lipinski definition) is 1. The molecule has 0 radical (unpaired) electrons. The largest absolute Gasteiger partial charge is 0.465 e. The second kappa shape index (κ2) is 9.39. The molecule has 18 heavy (non-hydrogen) atoms. The molecular weight excluding hydrogens is 230 g/mol. The SMILES string of the molecule is CCOC(=O)CN(C)/C=C/C(C)N(C)/C=C/NC. The van der Waals surface area contributed by atoms with E-state index in [2.05, 4.69) is 17.1 Å². The highest BCUT2D eigenvalue weighted by Crippen LogP contribution is 1.99. The molecular formula is C13H25N3O2. The predicted octanol–water partition coefficient (Wildman–Crippen LogP) is 1.01. The van der Waals surface area contributed by atoms with Gasteiger partial charge < -0.3 is 19.9 Å². The van der Waals surface area contributed by atoms with Crippen LogP contribution in [0.25, 0.3) is 0 Å². The van der Waals surface area contributed by atoms with Crippen LogP contribution in [0.3, 0.4) is 0 Å². The molecule has 0 rings (SSSR count). The third-order valence-electron chi connectivity index (χ3n) is 2.42. The van der Waals surface area contributed by atoms with Gasteiger partial charge in [-0.15, -0.1) is 0 Å². The van der Waals surface area contributed by atoms with Crippen molar-refractivity contribution in [3.8, 4) is 0 Å². The Morgan fingerprint density at radius 1 is 1.39 bits per heavy atom. The highest BCUT2D eigenvalue weighted by Gasteiger charge is 2.04. The summed E-state index contributed by atoms with van der Waals surface area (Å²) in [5, 5.41) is 2.94. The van der Waals surface area contributed by atoms with Gasteiger partial charge in [-0.3, -0.25) is 4.79 Å². The van der Waals surface area contributed by atoms with Crippen molar-refractivity contribution in [1.82, 2.24) is 15.1 Å². The van der Waals surface area contributed by atoms with Gasteiger partial charge in [0.1, 0.15) is 6.54 Å². The Kier molecular flexibility index (Phi) is 8.53. The molecule has 0 aliphatic rings. The topological polar surface area (TPSA) is 44.8 Å². The first kappa shape index (κ1) is 16.4. The summed E-state index contributed by atoms with van der Waals surface area (Å²) in [5.41, 5.74) is 0. The lowest BCUT2D eigenvalue weighted by Gasteiger charge is -2.21. The molecule has 5 heteroatoms. The Bertz CT molecular complexity index is 290. The summed E-state index contributed by atoms with van der Waals surface area (Å²) in [5.74, 6) is -0.208. The van der Waals surface area contributed by atoms with Crippen LogP contribution in [0.4, 0.5) is 0 Å². The molecule has 0 spiro atoms. The number of nitrogens with one attached hydrogen (secondary N) is 1. The number of esters is 1. The molecule has 1 unspecified atom stereocenters. The number of carbonyl (C=O) groups is 1. The molecule has 0 saturated carbocycles. The number of likely N-dealkylation sites (N-methyl/N-ethyl adjacent to an activating group) is 2. The van der Waals surface area contributed by atoms with Crippen molar-refractivity contribution in [2.45, 2.75) is 19.9 Å². The van der Waals surface area contributed by atoms with Crippen molar-refractivity contribution >= 4 is 5.97 Å². The molecule has 1 N–H and O–H groups in total. The molecule has 0 aromatic rings. The fourth-order valence-corrected chi connectivity index (χ4v) is 1.20. The average molecular weight is 255 g/mol. The van der Waals surface area contributed by atoms with Crippen LogP contribution in [-0.2, 0) is 9.53 Å². The van der Waals surface area contributed by atoms with Gasteiger partial charge in [0.05, 0.1) is 6.61 Å². The predicted molar refractivity (Wildman–Crippen MR) is 73.8 cm³/mol. The lowest BCUT2D eigenvalue weighted by atomic mass is 10.3. The average Bonchev–Trinajstić information content (AvgIpc) is 2.33. The number of carbonyl (C=O) groups excluding carboxylic acids is 1. The Labute approximate surface area is 110 Å². The number of hydrogen-bond acceptors (Lipinski definition) is 5. The smallest absolute Gasteiger partial charge is 0.325 e. The second-order valence-electron chi connectivity index (χ2n) is 4.07. The molecule has 0 aliphatic carbocycles. The van der Waals surface area contributed by atoms with Gasteiger partial charge in [0.2, 0.25) is 0 Å². The molecule has 0 bridgehead atoms. The van der Waals surface area contributed by atoms with E-state index in [0.29, 0.717) is 6.61 Å². The monoisotopic (exact) mass is 255 g/mol. The first-order valence-electron chi connectivity index (χ1n) is 6.11. The van der Waals surface area contributed by atoms with Crippen molar-refractivity contribution in [2.75, 3.05) is 34.3 Å². The maximum absolute atomic E-state index is 11.2. The minimum atomic E-state index is -0.208. The number of ether oxygens (including phenoxy) is 1. The van der Waals surface area contributed by atoms with Crippen LogP contribution in [0.2, 0.25) is 0 Å². The number of rotatable bonds is 8. The Morgan fingerprint density at radius 2 is 2.06 bits per heavy atom. The van der Waals surface area contributed by atoms with Gasteiger partial charge in [-0.1, -0.05) is 0 Å². The van der Waals surface area contributed by atoms with E-state index in [9.17, 15) is 4.79 Å². The molecule has 0 aromatic heterocycles. The molecule has 0 saturated heterocycles. The van der Waals surface area contributed by atoms with E-state index in [1.54, 1.807) is 6.92 Å². The maximum Gasteiger partial charge on any atom is 0.325 e. The summed E-state index contributed by atoms with van der Waals surface area (Å²) >= 11 is 0. The lowest BCUT2D eigenvalue weighted by Crippen LogP contribution is -2.25. The van der Waals surface area contributed by atoms with Crippen LogP contribution in [0.1, 0.15) is 13.8 Å². The minimum absolute atomic E-state index is 0.208. The van der Waals surface area contributed by atoms with Crippen molar-refractivity contribution in [2.24, 2.45) is 0 Å². The Balaban J connectivity index is 4.12. The molecule has 0 heterocycles. The highest BCUT2D eigenvalue weighted by molar-refractivity contribution is 5.71. The van der Waals surface area contributed by atoms with E-state index >= 15 is 0 Å². The van der Waals surface area contributed by atoms with Crippen LogP contribution in [-0.4, -0.2) is 56.1 Å². The summed E-state index contributed by atoms with van der Waals surface area (Å²) in [6, 6.07) is 0.249. The molecule has 0 fully saturated rings. The fraction of sp³-hybridized carbons (Fsp3) is 0.615. The van der Waals surface area contributed by atoms with Crippen LogP contribution in [0.5, 0.6) is 0 Å². The van der Waals surface area contributed by atoms with Crippen LogP contribution in [0, 0.1) is 0 Å². The summed E-state index contributed by atoms with van der Waals surface area (Å²) in [4.78, 5) is 15.1. The standard InChI is InChI=1S/C13H25N3O2/c1-6-18-13(17)11-15(4)9-7-12(2)16(5)10-8-14-3/h7-10,12,14H,6,11H2,1-5H3/b9-7+,10-8+. The number of nitrogens with zero attached hydrogens (tertiary/aromatic N) is 2. The quantitative estimate of drug-likeness (QED) is 0.656. The van der Waals surface area contributed by atoms with Crippen molar-refractivity contribution in [1.29, 1.82) is 0 Å². The lowest BCUT2D eigenvalue weighted by molar-refractivity contribution is -0.143. The molecule has 1 atom stereocenters. The molecule has 0 aromatic carbocycles. The van der Waals surface area contributed by atoms with E-state index in [0.717, 1.165) is 0 Å². The van der Waals surface area contributed by atoms with Gasteiger partial charge in [-0.05, 0) is 26.1 Å². The van der Waals surface area contributed by atoms with Crippen molar-refractivity contribution in [3.63, 3.8) is 0 Å². The van der Waals surface area contributed by atoms with E-state index in [1.807, 2.05) is 50.7 Å². The minimum Gasteiger partial charge on any atom is -0.465 e. The zero-order valence-corrected chi connectivity index (χ0v) is 12.0. The summed E-state index contributed by atoms with van der Waals surface area (Å²) in [7, 11) is 5.70.